The summed E-state index contributed by atoms with van der Waals surface area (Å²) in [6, 6.07) is 5.63. The fourth-order valence-electron chi connectivity index (χ4n) is 3.90. The molecule has 7 nitrogen and oxygen atoms in total. The molecule has 0 bridgehead atoms. The molecule has 1 amide bonds. The van der Waals surface area contributed by atoms with Gasteiger partial charge in [0.05, 0.1) is 22.9 Å². The van der Waals surface area contributed by atoms with Crippen LogP contribution in [-0.2, 0) is 11.8 Å². The number of hydrogen-bond acceptors (Lipinski definition) is 5. The van der Waals surface area contributed by atoms with Gasteiger partial charge in [0.1, 0.15) is 0 Å². The van der Waals surface area contributed by atoms with Crippen molar-refractivity contribution >= 4 is 22.8 Å². The molecular weight excluding hydrogens is 342 g/mol. The fraction of sp³-hybridized carbons (Fsp3) is 0.450. The Hall–Kier alpha value is -2.83. The number of carbonyl (C=O) groups is 1. The number of anilines is 1. The minimum atomic E-state index is -0.220. The zero-order chi connectivity index (χ0) is 19.5. The number of hydrogen-bond donors (Lipinski definition) is 3. The van der Waals surface area contributed by atoms with Crippen molar-refractivity contribution in [3.63, 3.8) is 0 Å². The molecule has 2 aliphatic heterocycles. The van der Waals surface area contributed by atoms with Crippen molar-refractivity contribution in [3.8, 4) is 0 Å². The van der Waals surface area contributed by atoms with Crippen LogP contribution in [0.15, 0.2) is 34.4 Å². The van der Waals surface area contributed by atoms with E-state index in [1.54, 1.807) is 11.6 Å². The zero-order valence-corrected chi connectivity index (χ0v) is 16.3. The Morgan fingerprint density at radius 3 is 2.67 bits per heavy atom. The molecular formula is C20H25N5O2. The van der Waals surface area contributed by atoms with E-state index < -0.39 is 0 Å². The lowest BCUT2D eigenvalue weighted by atomic mass is 9.97. The minimum absolute atomic E-state index is 0.0386. The monoisotopic (exact) mass is 367 g/mol. The summed E-state index contributed by atoms with van der Waals surface area (Å²) in [4.78, 5) is 29.8. The molecule has 3 N–H and O–H groups in total. The predicted octanol–water partition coefficient (Wildman–Crippen LogP) is 2.16. The Kier molecular flexibility index (Phi) is 3.80. The number of amides is 1. The van der Waals surface area contributed by atoms with Gasteiger partial charge in [-0.3, -0.25) is 14.2 Å². The number of rotatable bonds is 2. The third kappa shape index (κ3) is 2.87. The van der Waals surface area contributed by atoms with Gasteiger partial charge in [-0.15, -0.1) is 0 Å². The predicted molar refractivity (Wildman–Crippen MR) is 105 cm³/mol. The molecule has 0 radical (unpaired) electrons. The van der Waals surface area contributed by atoms with Crippen molar-refractivity contribution in [1.29, 1.82) is 0 Å². The second kappa shape index (κ2) is 5.84. The lowest BCUT2D eigenvalue weighted by Gasteiger charge is -2.23. The molecule has 0 saturated carbocycles. The van der Waals surface area contributed by atoms with Gasteiger partial charge in [-0.25, -0.2) is 4.98 Å². The van der Waals surface area contributed by atoms with Crippen molar-refractivity contribution in [2.45, 2.75) is 45.7 Å². The normalized spacial score (nSPS) is 22.0. The number of fused-ring (bicyclic) bond motifs is 2. The standard InChI is InChI=1S/C20H25N5O2/c1-10-15-13(17(26)21-10)9-14(22-15)11-7-6-8-12-16(11)23-19(24-20(2,3)4)25(5)18(12)27/h6-8,13-14,22H,9H2,1-5H3,(H,21,26)(H,23,24)/t13?,14-/m0/s1. The molecule has 2 aliphatic rings. The molecule has 27 heavy (non-hydrogen) atoms. The summed E-state index contributed by atoms with van der Waals surface area (Å²) in [6.07, 6.45) is 0.663. The number of para-hydroxylation sites is 1. The minimum Gasteiger partial charge on any atom is -0.379 e. The molecule has 1 aromatic heterocycles. The number of nitrogens with one attached hydrogen (secondary N) is 3. The van der Waals surface area contributed by atoms with Gasteiger partial charge in [-0.2, -0.15) is 0 Å². The molecule has 7 heteroatoms. The molecule has 1 saturated heterocycles. The highest BCUT2D eigenvalue weighted by Crippen LogP contribution is 2.39. The number of carbonyl (C=O) groups excluding carboxylic acids is 1. The first-order valence-corrected chi connectivity index (χ1v) is 9.22. The average Bonchev–Trinajstić information content (AvgIpc) is 3.13. The summed E-state index contributed by atoms with van der Waals surface area (Å²) < 4.78 is 1.55. The number of benzene rings is 1. The van der Waals surface area contributed by atoms with E-state index in [0.29, 0.717) is 23.3 Å². The number of allylic oxidation sites excluding steroid dienone is 1. The van der Waals surface area contributed by atoms with E-state index in [1.807, 2.05) is 45.9 Å². The van der Waals surface area contributed by atoms with Crippen molar-refractivity contribution in [3.05, 3.63) is 45.5 Å². The van der Waals surface area contributed by atoms with Crippen molar-refractivity contribution in [2.75, 3.05) is 5.32 Å². The molecule has 0 spiro atoms. The Bertz CT molecular complexity index is 1040. The third-order valence-corrected chi connectivity index (χ3v) is 5.18. The first-order valence-electron chi connectivity index (χ1n) is 9.22. The average molecular weight is 367 g/mol. The summed E-state index contributed by atoms with van der Waals surface area (Å²) in [7, 11) is 1.73. The van der Waals surface area contributed by atoms with E-state index in [1.165, 1.54) is 0 Å². The van der Waals surface area contributed by atoms with Crippen molar-refractivity contribution in [1.82, 2.24) is 20.2 Å². The zero-order valence-electron chi connectivity index (χ0n) is 16.3. The van der Waals surface area contributed by atoms with Crippen LogP contribution in [0.3, 0.4) is 0 Å². The van der Waals surface area contributed by atoms with Crippen LogP contribution < -0.4 is 21.5 Å². The first-order chi connectivity index (χ1) is 12.7. The van der Waals surface area contributed by atoms with Gasteiger partial charge < -0.3 is 16.0 Å². The van der Waals surface area contributed by atoms with Crippen LogP contribution in [0.1, 0.15) is 45.7 Å². The van der Waals surface area contributed by atoms with Crippen LogP contribution in [0.2, 0.25) is 0 Å². The van der Waals surface area contributed by atoms with Gasteiger partial charge >= 0.3 is 0 Å². The van der Waals surface area contributed by atoms with E-state index >= 15 is 0 Å². The molecule has 2 aromatic rings. The van der Waals surface area contributed by atoms with Gasteiger partial charge in [0.2, 0.25) is 11.9 Å². The van der Waals surface area contributed by atoms with Gasteiger partial charge in [-0.1, -0.05) is 12.1 Å². The molecule has 4 rings (SSSR count). The maximum Gasteiger partial charge on any atom is 0.262 e. The largest absolute Gasteiger partial charge is 0.379 e. The van der Waals surface area contributed by atoms with Crippen LogP contribution in [0.4, 0.5) is 5.95 Å². The van der Waals surface area contributed by atoms with Crippen LogP contribution in [0.5, 0.6) is 0 Å². The van der Waals surface area contributed by atoms with Crippen LogP contribution in [0, 0.1) is 5.92 Å². The topological polar surface area (TPSA) is 88.1 Å². The van der Waals surface area contributed by atoms with E-state index in [4.69, 9.17) is 4.98 Å². The summed E-state index contributed by atoms with van der Waals surface area (Å²) in [5.41, 5.74) is 3.17. The summed E-state index contributed by atoms with van der Waals surface area (Å²) in [5, 5.41) is 10.2. The second-order valence-corrected chi connectivity index (χ2v) is 8.43. The van der Waals surface area contributed by atoms with E-state index in [9.17, 15) is 9.59 Å². The van der Waals surface area contributed by atoms with Gasteiger partial charge in [0, 0.05) is 29.5 Å². The fourth-order valence-corrected chi connectivity index (χ4v) is 3.90. The van der Waals surface area contributed by atoms with Gasteiger partial charge in [-0.05, 0) is 40.2 Å². The smallest absolute Gasteiger partial charge is 0.262 e. The molecule has 1 unspecified atom stereocenters. The molecule has 1 aromatic carbocycles. The Morgan fingerprint density at radius 1 is 1.26 bits per heavy atom. The van der Waals surface area contributed by atoms with E-state index in [-0.39, 0.29) is 29.0 Å². The summed E-state index contributed by atoms with van der Waals surface area (Å²) in [5.74, 6) is 0.430. The Morgan fingerprint density at radius 2 is 2.00 bits per heavy atom. The summed E-state index contributed by atoms with van der Waals surface area (Å²) >= 11 is 0. The molecule has 1 fully saturated rings. The van der Waals surface area contributed by atoms with Gasteiger partial charge in [0.25, 0.3) is 5.56 Å². The molecule has 0 aliphatic carbocycles. The third-order valence-electron chi connectivity index (χ3n) is 5.18. The molecule has 142 valence electrons. The summed E-state index contributed by atoms with van der Waals surface area (Å²) in [6.45, 7) is 8.00. The maximum atomic E-state index is 12.9. The van der Waals surface area contributed by atoms with E-state index in [2.05, 4.69) is 16.0 Å². The quantitative estimate of drug-likeness (QED) is 0.757. The Labute approximate surface area is 157 Å². The van der Waals surface area contributed by atoms with Crippen LogP contribution >= 0.6 is 0 Å². The second-order valence-electron chi connectivity index (χ2n) is 8.43. The highest BCUT2D eigenvalue weighted by atomic mass is 16.2. The van der Waals surface area contributed by atoms with Crippen LogP contribution in [-0.4, -0.2) is 21.0 Å². The SMILES string of the molecule is CC1=C2N[C@H](c3cccc4c(=O)n(C)c(NC(C)(C)C)nc34)CC2C(=O)N1. The van der Waals surface area contributed by atoms with E-state index in [0.717, 1.165) is 17.0 Å². The molecule has 2 atom stereocenters. The maximum absolute atomic E-state index is 12.9. The highest BCUT2D eigenvalue weighted by Gasteiger charge is 2.40. The first kappa shape index (κ1) is 17.6. The lowest BCUT2D eigenvalue weighted by Crippen LogP contribution is -2.32. The van der Waals surface area contributed by atoms with Crippen LogP contribution in [0.25, 0.3) is 10.9 Å². The number of nitrogens with zero attached hydrogens (tertiary/aromatic N) is 2. The highest BCUT2D eigenvalue weighted by molar-refractivity contribution is 5.88. The van der Waals surface area contributed by atoms with Gasteiger partial charge in [0.15, 0.2) is 0 Å². The lowest BCUT2D eigenvalue weighted by molar-refractivity contribution is -0.122. The molecule has 3 heterocycles. The van der Waals surface area contributed by atoms with Crippen molar-refractivity contribution < 1.29 is 4.79 Å². The van der Waals surface area contributed by atoms with Crippen molar-refractivity contribution in [2.24, 2.45) is 13.0 Å². The Balaban J connectivity index is 1.84. The number of aromatic nitrogens is 2.